The predicted octanol–water partition coefficient (Wildman–Crippen LogP) is 3.25. The van der Waals surface area contributed by atoms with Crippen LogP contribution in [0.3, 0.4) is 0 Å². The Hall–Kier alpha value is -2.84. The molecule has 3 aromatic rings. The van der Waals surface area contributed by atoms with Crippen LogP contribution in [0, 0.1) is 0 Å². The van der Waals surface area contributed by atoms with Crippen LogP contribution in [-0.4, -0.2) is 16.8 Å². The lowest BCUT2D eigenvalue weighted by Crippen LogP contribution is -2.22. The van der Waals surface area contributed by atoms with E-state index < -0.39 is 20.0 Å². The van der Waals surface area contributed by atoms with Gasteiger partial charge in [-0.05, 0) is 24.3 Å². The summed E-state index contributed by atoms with van der Waals surface area (Å²) in [6.45, 7) is 0. The van der Waals surface area contributed by atoms with Gasteiger partial charge in [-0.3, -0.25) is 9.44 Å². The molecule has 0 unspecified atom stereocenters. The zero-order chi connectivity index (χ0) is 18.1. The number of anilines is 2. The van der Waals surface area contributed by atoms with Gasteiger partial charge in [0.15, 0.2) is 0 Å². The van der Waals surface area contributed by atoms with Gasteiger partial charge in [-0.2, -0.15) is 0 Å². The standard InChI is InChI=1S/C18H12N2O4S2/c21-25(22)17-7-3-1-5-11(17)13-9-16-14(10-15(13)19-25)12-6-2-4-8-18(12)26(23,24)20-16/h1-10,19-20H. The molecular formula is C18H12N2O4S2. The highest BCUT2D eigenvalue weighted by Crippen LogP contribution is 2.47. The van der Waals surface area contributed by atoms with Gasteiger partial charge < -0.3 is 0 Å². The summed E-state index contributed by atoms with van der Waals surface area (Å²) in [5.74, 6) is 0. The monoisotopic (exact) mass is 384 g/mol. The molecule has 26 heavy (non-hydrogen) atoms. The molecule has 2 N–H and O–H groups in total. The van der Waals surface area contributed by atoms with Gasteiger partial charge in [0.1, 0.15) is 0 Å². The minimum Gasteiger partial charge on any atom is -0.279 e. The molecule has 5 rings (SSSR count). The maximum Gasteiger partial charge on any atom is 0.262 e. The van der Waals surface area contributed by atoms with Crippen molar-refractivity contribution >= 4 is 31.4 Å². The second-order valence-corrected chi connectivity index (χ2v) is 9.45. The van der Waals surface area contributed by atoms with Crippen molar-refractivity contribution in [3.63, 3.8) is 0 Å². The Morgan fingerprint density at radius 3 is 1.35 bits per heavy atom. The van der Waals surface area contributed by atoms with Crippen molar-refractivity contribution < 1.29 is 16.8 Å². The number of hydrogen-bond donors (Lipinski definition) is 2. The molecule has 0 bridgehead atoms. The van der Waals surface area contributed by atoms with Crippen LogP contribution in [0.1, 0.15) is 0 Å². The minimum absolute atomic E-state index is 0.173. The van der Waals surface area contributed by atoms with Gasteiger partial charge in [0.25, 0.3) is 20.0 Å². The lowest BCUT2D eigenvalue weighted by Gasteiger charge is -2.27. The number of rotatable bonds is 0. The molecule has 0 saturated carbocycles. The van der Waals surface area contributed by atoms with Crippen LogP contribution in [0.5, 0.6) is 0 Å². The van der Waals surface area contributed by atoms with Gasteiger partial charge in [-0.1, -0.05) is 36.4 Å². The summed E-state index contributed by atoms with van der Waals surface area (Å²) in [5, 5.41) is 0. The largest absolute Gasteiger partial charge is 0.279 e. The third-order valence-electron chi connectivity index (χ3n) is 4.58. The van der Waals surface area contributed by atoms with E-state index in [-0.39, 0.29) is 9.79 Å². The number of sulfonamides is 2. The predicted molar refractivity (Wildman–Crippen MR) is 98.9 cm³/mol. The molecule has 0 amide bonds. The van der Waals surface area contributed by atoms with Crippen LogP contribution >= 0.6 is 0 Å². The zero-order valence-corrected chi connectivity index (χ0v) is 14.9. The summed E-state index contributed by atoms with van der Waals surface area (Å²) in [7, 11) is -7.34. The van der Waals surface area contributed by atoms with E-state index >= 15 is 0 Å². The Balaban J connectivity index is 1.85. The second kappa shape index (κ2) is 4.87. The van der Waals surface area contributed by atoms with Gasteiger partial charge in [-0.15, -0.1) is 0 Å². The highest BCUT2D eigenvalue weighted by Gasteiger charge is 2.32. The summed E-state index contributed by atoms with van der Waals surface area (Å²) in [4.78, 5) is 0.345. The van der Waals surface area contributed by atoms with Crippen LogP contribution in [0.15, 0.2) is 70.5 Å². The lowest BCUT2D eigenvalue weighted by molar-refractivity contribution is 0.599. The van der Waals surface area contributed by atoms with E-state index in [2.05, 4.69) is 9.44 Å². The number of hydrogen-bond acceptors (Lipinski definition) is 4. The summed E-state index contributed by atoms with van der Waals surface area (Å²) in [6.07, 6.45) is 0. The summed E-state index contributed by atoms with van der Waals surface area (Å²) in [6, 6.07) is 16.6. The maximum atomic E-state index is 12.5. The van der Waals surface area contributed by atoms with Gasteiger partial charge >= 0.3 is 0 Å². The minimum atomic E-state index is -3.67. The SMILES string of the molecule is O=S1(=O)Nc2cc3c(cc2-c2ccccc21)NS(=O)(=O)c1ccccc1-3. The van der Waals surface area contributed by atoms with Crippen molar-refractivity contribution in [2.24, 2.45) is 0 Å². The molecule has 2 aliphatic heterocycles. The molecule has 6 nitrogen and oxygen atoms in total. The Labute approximate surface area is 150 Å². The molecule has 0 atom stereocenters. The first kappa shape index (κ1) is 15.4. The first-order valence-electron chi connectivity index (χ1n) is 7.79. The van der Waals surface area contributed by atoms with Crippen LogP contribution in [-0.2, 0) is 20.0 Å². The fraction of sp³-hybridized carbons (Fsp3) is 0. The highest BCUT2D eigenvalue weighted by molar-refractivity contribution is 7.93. The molecule has 0 fully saturated rings. The van der Waals surface area contributed by atoms with Crippen molar-refractivity contribution in [1.82, 2.24) is 0 Å². The van der Waals surface area contributed by atoms with Crippen molar-refractivity contribution in [2.45, 2.75) is 9.79 Å². The third-order valence-corrected chi connectivity index (χ3v) is 7.43. The topological polar surface area (TPSA) is 92.3 Å². The molecule has 8 heteroatoms. The molecule has 2 aliphatic rings. The molecule has 0 aromatic heterocycles. The van der Waals surface area contributed by atoms with Crippen LogP contribution in [0.4, 0.5) is 11.4 Å². The Kier molecular flexibility index (Phi) is 2.88. The van der Waals surface area contributed by atoms with E-state index in [1.165, 1.54) is 12.1 Å². The molecule has 0 spiro atoms. The molecule has 3 aromatic carbocycles. The fourth-order valence-corrected chi connectivity index (χ4v) is 6.05. The van der Waals surface area contributed by atoms with Crippen LogP contribution in [0.2, 0.25) is 0 Å². The van der Waals surface area contributed by atoms with Crippen molar-refractivity contribution in [3.05, 3.63) is 60.7 Å². The van der Waals surface area contributed by atoms with Crippen LogP contribution < -0.4 is 9.44 Å². The molecule has 130 valence electrons. The van der Waals surface area contributed by atoms with Crippen LogP contribution in [0.25, 0.3) is 22.3 Å². The number of fused-ring (bicyclic) bond motifs is 6. The average molecular weight is 384 g/mol. The van der Waals surface area contributed by atoms with Gasteiger partial charge in [0.2, 0.25) is 0 Å². The van der Waals surface area contributed by atoms with Gasteiger partial charge in [0.05, 0.1) is 21.2 Å². The Morgan fingerprint density at radius 2 is 0.923 bits per heavy atom. The van der Waals surface area contributed by atoms with E-state index in [1.54, 1.807) is 48.5 Å². The van der Waals surface area contributed by atoms with E-state index in [1.807, 2.05) is 0 Å². The number of nitrogens with one attached hydrogen (secondary N) is 2. The Morgan fingerprint density at radius 1 is 0.538 bits per heavy atom. The zero-order valence-electron chi connectivity index (χ0n) is 13.2. The van der Waals surface area contributed by atoms with Gasteiger partial charge in [0, 0.05) is 22.3 Å². The van der Waals surface area contributed by atoms with Gasteiger partial charge in [-0.25, -0.2) is 16.8 Å². The molecular weight excluding hydrogens is 372 g/mol. The summed E-state index contributed by atoms with van der Waals surface area (Å²) >= 11 is 0. The van der Waals surface area contributed by atoms with Crippen molar-refractivity contribution in [3.8, 4) is 22.3 Å². The van der Waals surface area contributed by atoms with E-state index in [9.17, 15) is 16.8 Å². The van der Waals surface area contributed by atoms with Crippen molar-refractivity contribution in [2.75, 3.05) is 9.44 Å². The molecule has 2 heterocycles. The van der Waals surface area contributed by atoms with E-state index in [4.69, 9.17) is 0 Å². The first-order chi connectivity index (χ1) is 12.4. The maximum absolute atomic E-state index is 12.5. The second-order valence-electron chi connectivity index (χ2n) is 6.15. The fourth-order valence-electron chi connectivity index (χ4n) is 3.46. The quantitative estimate of drug-likeness (QED) is 0.622. The highest BCUT2D eigenvalue weighted by atomic mass is 32.2. The number of benzene rings is 3. The van der Waals surface area contributed by atoms with Crippen molar-refractivity contribution in [1.29, 1.82) is 0 Å². The Bertz CT molecular complexity index is 1210. The first-order valence-corrected chi connectivity index (χ1v) is 10.8. The lowest BCUT2D eigenvalue weighted by atomic mass is 9.96. The summed E-state index contributed by atoms with van der Waals surface area (Å²) < 4.78 is 55.3. The third kappa shape index (κ3) is 2.03. The molecule has 0 radical (unpaired) electrons. The smallest absolute Gasteiger partial charge is 0.262 e. The molecule has 0 saturated heterocycles. The van der Waals surface area contributed by atoms with E-state index in [0.29, 0.717) is 33.6 Å². The molecule has 0 aliphatic carbocycles. The summed E-state index contributed by atoms with van der Waals surface area (Å²) in [5.41, 5.74) is 3.22. The van der Waals surface area contributed by atoms with E-state index in [0.717, 1.165) is 0 Å². The normalized spacial score (nSPS) is 17.5. The average Bonchev–Trinajstić information content (AvgIpc) is 2.61.